The van der Waals surface area contributed by atoms with E-state index >= 15 is 0 Å². The van der Waals surface area contributed by atoms with Crippen LogP contribution < -0.4 is 5.73 Å². The molecule has 0 spiro atoms. The fraction of sp³-hybridized carbons (Fsp3) is 0.800. The third-order valence-electron chi connectivity index (χ3n) is 3.12. The molecule has 0 aromatic carbocycles. The lowest BCUT2D eigenvalue weighted by Crippen LogP contribution is -2.50. The molecule has 0 bridgehead atoms. The number of amidine groups is 1. The van der Waals surface area contributed by atoms with Gasteiger partial charge >= 0.3 is 0 Å². The van der Waals surface area contributed by atoms with Gasteiger partial charge in [-0.15, -0.1) is 0 Å². The number of carbonyl (C=O) groups is 1. The molecule has 0 atom stereocenters. The van der Waals surface area contributed by atoms with E-state index < -0.39 is 5.41 Å². The van der Waals surface area contributed by atoms with Crippen LogP contribution in [0.4, 0.5) is 0 Å². The zero-order valence-corrected chi connectivity index (χ0v) is 9.36. The van der Waals surface area contributed by atoms with Crippen molar-refractivity contribution >= 4 is 11.7 Å². The van der Waals surface area contributed by atoms with Crippen molar-refractivity contribution in [1.82, 2.24) is 4.90 Å². The largest absolute Gasteiger partial charge is 0.409 e. The predicted octanol–water partition coefficient (Wildman–Crippen LogP) is 0.771. The summed E-state index contributed by atoms with van der Waals surface area (Å²) in [5, 5.41) is 11.8. The first-order valence-corrected chi connectivity index (χ1v) is 5.24. The molecule has 86 valence electrons. The Morgan fingerprint density at radius 1 is 1.33 bits per heavy atom. The smallest absolute Gasteiger partial charge is 0.236 e. The fourth-order valence-corrected chi connectivity index (χ4v) is 2.26. The molecule has 5 nitrogen and oxygen atoms in total. The zero-order chi connectivity index (χ0) is 11.5. The van der Waals surface area contributed by atoms with Gasteiger partial charge in [-0.25, -0.2) is 0 Å². The summed E-state index contributed by atoms with van der Waals surface area (Å²) >= 11 is 0. The summed E-state index contributed by atoms with van der Waals surface area (Å²) in [7, 11) is 3.40. The van der Waals surface area contributed by atoms with Crippen LogP contribution in [0, 0.1) is 5.41 Å². The van der Waals surface area contributed by atoms with E-state index in [1.165, 1.54) is 4.90 Å². The Morgan fingerprint density at radius 2 is 1.87 bits per heavy atom. The van der Waals surface area contributed by atoms with Crippen molar-refractivity contribution in [2.75, 3.05) is 14.1 Å². The van der Waals surface area contributed by atoms with Crippen molar-refractivity contribution in [3.63, 3.8) is 0 Å². The summed E-state index contributed by atoms with van der Waals surface area (Å²) in [5.41, 5.74) is 4.91. The van der Waals surface area contributed by atoms with Crippen molar-refractivity contribution < 1.29 is 10.0 Å². The Balaban J connectivity index is 3.00. The van der Waals surface area contributed by atoms with Crippen LogP contribution >= 0.6 is 0 Å². The Morgan fingerprint density at radius 3 is 2.27 bits per heavy atom. The molecule has 3 N–H and O–H groups in total. The van der Waals surface area contributed by atoms with Crippen molar-refractivity contribution in [3.8, 4) is 0 Å². The first kappa shape index (κ1) is 11.8. The second kappa shape index (κ2) is 4.51. The average molecular weight is 213 g/mol. The molecule has 0 unspecified atom stereocenters. The average Bonchev–Trinajstić information content (AvgIpc) is 2.27. The number of carbonyl (C=O) groups excluding carboxylic acids is 1. The van der Waals surface area contributed by atoms with Crippen LogP contribution in [0.1, 0.15) is 32.1 Å². The SMILES string of the molecule is CN(C)C(=O)C1(C(N)=NO)CCCCC1. The van der Waals surface area contributed by atoms with Gasteiger partial charge in [0, 0.05) is 14.1 Å². The van der Waals surface area contributed by atoms with Crippen molar-refractivity contribution in [2.24, 2.45) is 16.3 Å². The molecule has 0 heterocycles. The number of hydrogen-bond donors (Lipinski definition) is 2. The van der Waals surface area contributed by atoms with Crippen LogP contribution in [0.2, 0.25) is 0 Å². The molecule has 0 aliphatic heterocycles. The predicted molar refractivity (Wildman–Crippen MR) is 57.6 cm³/mol. The monoisotopic (exact) mass is 213 g/mol. The normalized spacial score (nSPS) is 21.1. The molecule has 1 rings (SSSR count). The summed E-state index contributed by atoms with van der Waals surface area (Å²) in [5.74, 6) is -0.00148. The van der Waals surface area contributed by atoms with E-state index in [1.807, 2.05) is 0 Å². The van der Waals surface area contributed by atoms with Gasteiger partial charge in [-0.3, -0.25) is 4.79 Å². The van der Waals surface area contributed by atoms with Gasteiger partial charge in [0.05, 0.1) is 0 Å². The molecule has 1 aliphatic carbocycles. The van der Waals surface area contributed by atoms with Gasteiger partial charge in [-0.05, 0) is 12.8 Å². The summed E-state index contributed by atoms with van der Waals surface area (Å²) in [6.45, 7) is 0. The van der Waals surface area contributed by atoms with E-state index in [1.54, 1.807) is 14.1 Å². The maximum absolute atomic E-state index is 12.1. The number of nitrogens with two attached hydrogens (primary N) is 1. The van der Waals surface area contributed by atoms with Gasteiger partial charge in [0.2, 0.25) is 5.91 Å². The first-order valence-electron chi connectivity index (χ1n) is 5.24. The standard InChI is InChI=1S/C10H19N3O2/c1-13(2)9(14)10(8(11)12-15)6-4-3-5-7-10/h15H,3-7H2,1-2H3,(H2,11,12). The molecule has 5 heteroatoms. The Hall–Kier alpha value is -1.26. The highest BCUT2D eigenvalue weighted by Gasteiger charge is 2.44. The van der Waals surface area contributed by atoms with E-state index in [2.05, 4.69) is 5.16 Å². The van der Waals surface area contributed by atoms with Gasteiger partial charge in [-0.1, -0.05) is 24.4 Å². The summed E-state index contributed by atoms with van der Waals surface area (Å²) in [4.78, 5) is 13.6. The van der Waals surface area contributed by atoms with Gasteiger partial charge in [0.15, 0.2) is 5.84 Å². The molecule has 1 aliphatic rings. The summed E-state index contributed by atoms with van der Waals surface area (Å²) in [6.07, 6.45) is 4.38. The summed E-state index contributed by atoms with van der Waals surface area (Å²) in [6, 6.07) is 0. The van der Waals surface area contributed by atoms with E-state index in [4.69, 9.17) is 10.9 Å². The molecule has 1 saturated carbocycles. The Bertz CT molecular complexity index is 268. The summed E-state index contributed by atoms with van der Waals surface area (Å²) < 4.78 is 0. The zero-order valence-electron chi connectivity index (χ0n) is 9.36. The second-order valence-corrected chi connectivity index (χ2v) is 4.33. The van der Waals surface area contributed by atoms with Crippen molar-refractivity contribution in [3.05, 3.63) is 0 Å². The van der Waals surface area contributed by atoms with E-state index in [9.17, 15) is 4.79 Å². The number of nitrogens with zero attached hydrogens (tertiary/aromatic N) is 2. The van der Waals surface area contributed by atoms with E-state index in [0.29, 0.717) is 12.8 Å². The fourth-order valence-electron chi connectivity index (χ4n) is 2.26. The van der Waals surface area contributed by atoms with Gasteiger partial charge in [-0.2, -0.15) is 0 Å². The molecular formula is C10H19N3O2. The number of rotatable bonds is 2. The highest BCUT2D eigenvalue weighted by atomic mass is 16.4. The number of amides is 1. The first-order chi connectivity index (χ1) is 7.04. The lowest BCUT2D eigenvalue weighted by Gasteiger charge is -2.36. The Kier molecular flexibility index (Phi) is 3.55. The minimum Gasteiger partial charge on any atom is -0.409 e. The maximum Gasteiger partial charge on any atom is 0.236 e. The van der Waals surface area contributed by atoms with Crippen LogP contribution in [-0.2, 0) is 4.79 Å². The molecule has 0 saturated heterocycles. The van der Waals surface area contributed by atoms with Crippen LogP contribution in [0.3, 0.4) is 0 Å². The Labute approximate surface area is 89.9 Å². The van der Waals surface area contributed by atoms with Gasteiger partial charge < -0.3 is 15.8 Å². The highest BCUT2D eigenvalue weighted by molar-refractivity contribution is 6.06. The molecule has 0 aromatic heterocycles. The maximum atomic E-state index is 12.1. The molecule has 15 heavy (non-hydrogen) atoms. The molecule has 0 radical (unpaired) electrons. The quantitative estimate of drug-likeness (QED) is 0.308. The molecular weight excluding hydrogens is 194 g/mol. The molecule has 1 fully saturated rings. The van der Waals surface area contributed by atoms with E-state index in [-0.39, 0.29) is 11.7 Å². The third kappa shape index (κ3) is 2.06. The van der Waals surface area contributed by atoms with E-state index in [0.717, 1.165) is 19.3 Å². The van der Waals surface area contributed by atoms with Gasteiger partial charge in [0.25, 0.3) is 0 Å². The third-order valence-corrected chi connectivity index (χ3v) is 3.12. The van der Waals surface area contributed by atoms with Crippen molar-refractivity contribution in [2.45, 2.75) is 32.1 Å². The van der Waals surface area contributed by atoms with Crippen LogP contribution in [0.25, 0.3) is 0 Å². The van der Waals surface area contributed by atoms with Crippen molar-refractivity contribution in [1.29, 1.82) is 0 Å². The molecule has 1 amide bonds. The number of oxime groups is 1. The number of hydrogen-bond acceptors (Lipinski definition) is 3. The minimum atomic E-state index is -0.767. The topological polar surface area (TPSA) is 78.9 Å². The lowest BCUT2D eigenvalue weighted by molar-refractivity contribution is -0.137. The van der Waals surface area contributed by atoms with Gasteiger partial charge in [0.1, 0.15) is 5.41 Å². The minimum absolute atomic E-state index is 0.0564. The second-order valence-electron chi connectivity index (χ2n) is 4.33. The molecule has 0 aromatic rings. The van der Waals surface area contributed by atoms with Crippen LogP contribution in [0.5, 0.6) is 0 Å². The van der Waals surface area contributed by atoms with Crippen LogP contribution in [0.15, 0.2) is 5.16 Å². The lowest BCUT2D eigenvalue weighted by atomic mass is 9.72. The van der Waals surface area contributed by atoms with Crippen LogP contribution in [-0.4, -0.2) is 35.9 Å². The highest BCUT2D eigenvalue weighted by Crippen LogP contribution is 2.37.